The van der Waals surface area contributed by atoms with Gasteiger partial charge in [-0.15, -0.1) is 0 Å². The van der Waals surface area contributed by atoms with Crippen LogP contribution in [-0.4, -0.2) is 34.5 Å². The summed E-state index contributed by atoms with van der Waals surface area (Å²) >= 11 is 0. The molecule has 0 heterocycles. The third kappa shape index (κ3) is 13.8. The molecule has 174 valence electrons. The van der Waals surface area contributed by atoms with Gasteiger partial charge in [-0.05, 0) is 44.9 Å². The van der Waals surface area contributed by atoms with Gasteiger partial charge in [-0.3, -0.25) is 9.59 Å². The molecule has 30 heavy (non-hydrogen) atoms. The summed E-state index contributed by atoms with van der Waals surface area (Å²) in [5, 5.41) is 9.17. The van der Waals surface area contributed by atoms with Crippen LogP contribution < -0.4 is 0 Å². The number of carbonyl (C=O) groups excluding carboxylic acids is 1. The molecule has 0 aliphatic heterocycles. The zero-order valence-electron chi connectivity index (χ0n) is 19.6. The smallest absolute Gasteiger partial charge is 0.323 e. The van der Waals surface area contributed by atoms with E-state index in [-0.39, 0.29) is 18.5 Å². The van der Waals surface area contributed by atoms with Gasteiger partial charge in [0.25, 0.3) is 0 Å². The van der Waals surface area contributed by atoms with E-state index < -0.39 is 5.97 Å². The van der Waals surface area contributed by atoms with Crippen molar-refractivity contribution in [1.29, 1.82) is 0 Å². The van der Waals surface area contributed by atoms with E-state index in [1.807, 2.05) is 0 Å². The quantitative estimate of drug-likeness (QED) is 0.187. The fourth-order valence-corrected chi connectivity index (χ4v) is 4.45. The molecule has 1 aliphatic rings. The Hall–Kier alpha value is -1.32. The minimum atomic E-state index is -0.890. The number of aliphatic carboxylic acids is 1. The van der Waals surface area contributed by atoms with E-state index >= 15 is 0 Å². The van der Waals surface area contributed by atoms with E-state index in [0.717, 1.165) is 38.5 Å². The van der Waals surface area contributed by atoms with Gasteiger partial charge in [0, 0.05) is 12.5 Å². The highest BCUT2D eigenvalue weighted by molar-refractivity contribution is 5.81. The van der Waals surface area contributed by atoms with E-state index in [1.54, 1.807) is 4.90 Å². The van der Waals surface area contributed by atoms with Crippen LogP contribution in [0, 0.1) is 0 Å². The number of hydrogen-bond acceptors (Lipinski definition) is 2. The van der Waals surface area contributed by atoms with Gasteiger partial charge >= 0.3 is 5.97 Å². The van der Waals surface area contributed by atoms with Crippen LogP contribution >= 0.6 is 0 Å². The molecule has 1 aliphatic carbocycles. The molecule has 0 spiro atoms. The van der Waals surface area contributed by atoms with Gasteiger partial charge in [-0.1, -0.05) is 89.7 Å². The van der Waals surface area contributed by atoms with Crippen molar-refractivity contribution in [2.75, 3.05) is 6.54 Å². The number of rotatable bonds is 18. The second kappa shape index (κ2) is 18.4. The number of nitrogens with zero attached hydrogens (tertiary/aromatic N) is 1. The maximum atomic E-state index is 12.6. The summed E-state index contributed by atoms with van der Waals surface area (Å²) in [5.74, 6) is -0.847. The van der Waals surface area contributed by atoms with E-state index in [0.29, 0.717) is 6.42 Å². The number of hydrogen-bond donors (Lipinski definition) is 1. The van der Waals surface area contributed by atoms with E-state index in [1.165, 1.54) is 77.0 Å². The fourth-order valence-electron chi connectivity index (χ4n) is 4.45. The molecule has 0 radical (unpaired) electrons. The van der Waals surface area contributed by atoms with Crippen molar-refractivity contribution in [1.82, 2.24) is 4.90 Å². The standard InChI is InChI=1S/C26H47NO3/c1-2-3-4-5-6-7-8-9-10-11-12-13-14-15-19-22-25(28)27(23-26(29)30)24-20-17-16-18-21-24/h9-10,24H,2-8,11-23H2,1H3,(H,29,30)/b10-9+. The molecule has 0 bridgehead atoms. The molecule has 0 atom stereocenters. The summed E-state index contributed by atoms with van der Waals surface area (Å²) in [6.45, 7) is 2.13. The Labute approximate surface area is 185 Å². The zero-order chi connectivity index (χ0) is 21.9. The van der Waals surface area contributed by atoms with Crippen molar-refractivity contribution in [3.63, 3.8) is 0 Å². The number of carboxylic acid groups (broad SMARTS) is 1. The first kappa shape index (κ1) is 26.7. The van der Waals surface area contributed by atoms with Gasteiger partial charge < -0.3 is 10.0 Å². The first-order chi connectivity index (χ1) is 14.6. The van der Waals surface area contributed by atoms with Crippen molar-refractivity contribution in [3.8, 4) is 0 Å². The molecule has 0 aromatic carbocycles. The normalized spacial score (nSPS) is 15.0. The Kier molecular flexibility index (Phi) is 16.4. The van der Waals surface area contributed by atoms with Crippen molar-refractivity contribution in [2.45, 2.75) is 135 Å². The van der Waals surface area contributed by atoms with Crippen molar-refractivity contribution < 1.29 is 14.7 Å². The van der Waals surface area contributed by atoms with Crippen molar-refractivity contribution in [3.05, 3.63) is 12.2 Å². The van der Waals surface area contributed by atoms with Crippen LogP contribution in [0.5, 0.6) is 0 Å². The molecule has 1 fully saturated rings. The third-order valence-corrected chi connectivity index (χ3v) is 6.29. The highest BCUT2D eigenvalue weighted by atomic mass is 16.4. The molecule has 1 N–H and O–H groups in total. The average molecular weight is 422 g/mol. The van der Waals surface area contributed by atoms with E-state index in [9.17, 15) is 9.59 Å². The molecule has 0 unspecified atom stereocenters. The second-order valence-electron chi connectivity index (χ2n) is 9.04. The molecule has 1 amide bonds. The first-order valence-corrected chi connectivity index (χ1v) is 12.8. The van der Waals surface area contributed by atoms with Gasteiger partial charge in [0.15, 0.2) is 0 Å². The number of unbranched alkanes of at least 4 members (excludes halogenated alkanes) is 11. The topological polar surface area (TPSA) is 57.6 Å². The predicted octanol–water partition coefficient (Wildman–Crippen LogP) is 7.27. The summed E-state index contributed by atoms with van der Waals surface area (Å²) in [6, 6.07) is 0.144. The van der Waals surface area contributed by atoms with Gasteiger partial charge in [0.05, 0.1) is 0 Å². The lowest BCUT2D eigenvalue weighted by molar-refractivity contribution is -0.146. The van der Waals surface area contributed by atoms with Crippen LogP contribution in [0.3, 0.4) is 0 Å². The summed E-state index contributed by atoms with van der Waals surface area (Å²) in [4.78, 5) is 25.4. The lowest BCUT2D eigenvalue weighted by atomic mass is 9.93. The van der Waals surface area contributed by atoms with Gasteiger partial charge in [-0.25, -0.2) is 0 Å². The van der Waals surface area contributed by atoms with Gasteiger partial charge in [-0.2, -0.15) is 0 Å². The number of amides is 1. The summed E-state index contributed by atoms with van der Waals surface area (Å²) < 4.78 is 0. The monoisotopic (exact) mass is 421 g/mol. The Balaban J connectivity index is 2.02. The zero-order valence-corrected chi connectivity index (χ0v) is 19.6. The number of carboxylic acids is 1. The van der Waals surface area contributed by atoms with Crippen LogP contribution in [0.2, 0.25) is 0 Å². The SMILES string of the molecule is CCCCCCCC/C=C/CCCCCCCC(=O)N(CC(=O)O)C1CCCCC1. The molecule has 0 saturated heterocycles. The molecule has 4 nitrogen and oxygen atoms in total. The lowest BCUT2D eigenvalue weighted by Crippen LogP contribution is -2.44. The largest absolute Gasteiger partial charge is 0.480 e. The summed E-state index contributed by atoms with van der Waals surface area (Å²) in [5.41, 5.74) is 0. The Morgan fingerprint density at radius 3 is 1.90 bits per heavy atom. The molecule has 4 heteroatoms. The molecular weight excluding hydrogens is 374 g/mol. The number of carbonyl (C=O) groups is 2. The molecular formula is C26H47NO3. The fraction of sp³-hybridized carbons (Fsp3) is 0.846. The van der Waals surface area contributed by atoms with E-state index in [4.69, 9.17) is 5.11 Å². The summed E-state index contributed by atoms with van der Waals surface area (Å²) in [7, 11) is 0. The highest BCUT2D eigenvalue weighted by Gasteiger charge is 2.26. The molecule has 0 aromatic heterocycles. The molecule has 0 aromatic rings. The first-order valence-electron chi connectivity index (χ1n) is 12.8. The average Bonchev–Trinajstić information content (AvgIpc) is 2.75. The van der Waals surface area contributed by atoms with Crippen LogP contribution in [0.15, 0.2) is 12.2 Å². The maximum absolute atomic E-state index is 12.6. The third-order valence-electron chi connectivity index (χ3n) is 6.29. The van der Waals surface area contributed by atoms with Crippen LogP contribution in [0.25, 0.3) is 0 Å². The van der Waals surface area contributed by atoms with Crippen LogP contribution in [0.4, 0.5) is 0 Å². The van der Waals surface area contributed by atoms with Gasteiger partial charge in [0.1, 0.15) is 6.54 Å². The Morgan fingerprint density at radius 2 is 1.33 bits per heavy atom. The van der Waals surface area contributed by atoms with Gasteiger partial charge in [0.2, 0.25) is 5.91 Å². The Morgan fingerprint density at radius 1 is 0.800 bits per heavy atom. The second-order valence-corrected chi connectivity index (χ2v) is 9.04. The minimum Gasteiger partial charge on any atom is -0.480 e. The Bertz CT molecular complexity index is 469. The molecule has 1 rings (SSSR count). The van der Waals surface area contributed by atoms with Crippen LogP contribution in [-0.2, 0) is 9.59 Å². The summed E-state index contributed by atoms with van der Waals surface area (Å²) in [6.07, 6.45) is 26.7. The highest BCUT2D eigenvalue weighted by Crippen LogP contribution is 2.23. The predicted molar refractivity (Wildman–Crippen MR) is 126 cm³/mol. The van der Waals surface area contributed by atoms with Crippen LogP contribution in [0.1, 0.15) is 129 Å². The maximum Gasteiger partial charge on any atom is 0.323 e. The molecule has 1 saturated carbocycles. The lowest BCUT2D eigenvalue weighted by Gasteiger charge is -2.33. The van der Waals surface area contributed by atoms with E-state index in [2.05, 4.69) is 19.1 Å². The minimum absolute atomic E-state index is 0.0435. The van der Waals surface area contributed by atoms with Crippen molar-refractivity contribution in [2.24, 2.45) is 0 Å². The van der Waals surface area contributed by atoms with Crippen molar-refractivity contribution >= 4 is 11.9 Å². The number of allylic oxidation sites excluding steroid dienone is 2.